The molecule has 4 heterocycles. The summed E-state index contributed by atoms with van der Waals surface area (Å²) in [5, 5.41) is 3.07. The van der Waals surface area contributed by atoms with Gasteiger partial charge in [-0.25, -0.2) is 9.97 Å². The predicted molar refractivity (Wildman–Crippen MR) is 131 cm³/mol. The van der Waals surface area contributed by atoms with Crippen molar-refractivity contribution in [3.8, 4) is 11.3 Å². The van der Waals surface area contributed by atoms with Crippen LogP contribution in [0, 0.1) is 10.9 Å². The summed E-state index contributed by atoms with van der Waals surface area (Å²) >= 11 is 8.19. The van der Waals surface area contributed by atoms with Crippen LogP contribution in [0.25, 0.3) is 21.6 Å². The standard InChI is InChI=1S/C22H19N5O2S3/c1-3-7-27-20-19(32-22(27)30)21(29)25(12-23-20)10-18(28)26-8-6-15-9-14(4-5-17(15)26)16-11-31-13(2)24-16/h3-5,9,11-12H,1,6-8,10H2,2H3. The van der Waals surface area contributed by atoms with Crippen LogP contribution in [0.1, 0.15) is 10.6 Å². The Kier molecular flexibility index (Phi) is 5.36. The average Bonchev–Trinajstić information content (AvgIpc) is 3.48. The molecular formula is C22H19N5O2S3. The molecule has 5 rings (SSSR count). The molecule has 0 saturated heterocycles. The van der Waals surface area contributed by atoms with Crippen molar-refractivity contribution in [3.05, 3.63) is 67.4 Å². The van der Waals surface area contributed by atoms with Crippen molar-refractivity contribution >= 4 is 56.8 Å². The van der Waals surface area contributed by atoms with Gasteiger partial charge in [0.1, 0.15) is 17.6 Å². The van der Waals surface area contributed by atoms with Crippen LogP contribution in [-0.2, 0) is 24.3 Å². The van der Waals surface area contributed by atoms with Crippen molar-refractivity contribution in [1.29, 1.82) is 0 Å². The lowest BCUT2D eigenvalue weighted by atomic mass is 10.1. The third-order valence-electron chi connectivity index (χ3n) is 5.45. The van der Waals surface area contributed by atoms with Gasteiger partial charge in [-0.05, 0) is 43.3 Å². The monoisotopic (exact) mass is 481 g/mol. The lowest BCUT2D eigenvalue weighted by molar-refractivity contribution is -0.119. The smallest absolute Gasteiger partial charge is 0.273 e. The number of rotatable bonds is 5. The first kappa shape index (κ1) is 20.9. The highest BCUT2D eigenvalue weighted by molar-refractivity contribution is 7.73. The molecule has 1 aliphatic heterocycles. The number of carbonyl (C=O) groups excluding carboxylic acids is 1. The van der Waals surface area contributed by atoms with E-state index in [1.165, 1.54) is 22.2 Å². The van der Waals surface area contributed by atoms with Crippen LogP contribution in [0.15, 0.2) is 47.4 Å². The maximum Gasteiger partial charge on any atom is 0.273 e. The summed E-state index contributed by atoms with van der Waals surface area (Å²) in [6, 6.07) is 6.06. The summed E-state index contributed by atoms with van der Waals surface area (Å²) < 4.78 is 4.15. The lowest BCUT2D eigenvalue weighted by Gasteiger charge is -2.18. The molecule has 0 fully saturated rings. The number of thiazole rings is 2. The molecule has 0 bridgehead atoms. The Balaban J connectivity index is 1.41. The number of anilines is 1. The Morgan fingerprint density at radius 1 is 1.38 bits per heavy atom. The van der Waals surface area contributed by atoms with Crippen LogP contribution < -0.4 is 10.5 Å². The number of benzene rings is 1. The second-order valence-electron chi connectivity index (χ2n) is 7.49. The molecule has 0 saturated carbocycles. The molecule has 32 heavy (non-hydrogen) atoms. The highest BCUT2D eigenvalue weighted by atomic mass is 32.1. The number of carbonyl (C=O) groups is 1. The number of amides is 1. The molecule has 0 aliphatic carbocycles. The van der Waals surface area contributed by atoms with Gasteiger partial charge in [-0.2, -0.15) is 0 Å². The Bertz CT molecular complexity index is 1490. The van der Waals surface area contributed by atoms with Crippen LogP contribution in [0.5, 0.6) is 0 Å². The van der Waals surface area contributed by atoms with Gasteiger partial charge in [0.15, 0.2) is 9.60 Å². The summed E-state index contributed by atoms with van der Waals surface area (Å²) in [5.41, 5.74) is 4.29. The van der Waals surface area contributed by atoms with E-state index < -0.39 is 0 Å². The average molecular weight is 482 g/mol. The number of hydrogen-bond acceptors (Lipinski definition) is 7. The summed E-state index contributed by atoms with van der Waals surface area (Å²) in [7, 11) is 0. The van der Waals surface area contributed by atoms with Crippen molar-refractivity contribution in [3.63, 3.8) is 0 Å². The fourth-order valence-corrected chi connectivity index (χ4v) is 5.86. The minimum absolute atomic E-state index is 0.0691. The van der Waals surface area contributed by atoms with Gasteiger partial charge < -0.3 is 9.47 Å². The summed E-state index contributed by atoms with van der Waals surface area (Å²) in [6.07, 6.45) is 3.91. The molecule has 0 spiro atoms. The minimum atomic E-state index is -0.254. The summed E-state index contributed by atoms with van der Waals surface area (Å²) in [5.74, 6) is -0.140. The lowest BCUT2D eigenvalue weighted by Crippen LogP contribution is -2.35. The molecular weight excluding hydrogens is 462 g/mol. The van der Waals surface area contributed by atoms with Crippen molar-refractivity contribution in [2.45, 2.75) is 26.4 Å². The third-order valence-corrected chi connectivity index (χ3v) is 7.65. The molecule has 3 aromatic heterocycles. The Morgan fingerprint density at radius 3 is 2.97 bits per heavy atom. The van der Waals surface area contributed by atoms with Gasteiger partial charge in [0.2, 0.25) is 5.91 Å². The molecule has 1 aromatic carbocycles. The minimum Gasteiger partial charge on any atom is -0.310 e. The van der Waals surface area contributed by atoms with E-state index in [0.717, 1.165) is 33.9 Å². The fraction of sp³-hybridized carbons (Fsp3) is 0.227. The van der Waals surface area contributed by atoms with Gasteiger partial charge in [0, 0.05) is 29.7 Å². The van der Waals surface area contributed by atoms with Gasteiger partial charge in [-0.3, -0.25) is 14.2 Å². The zero-order chi connectivity index (χ0) is 22.4. The quantitative estimate of drug-likeness (QED) is 0.316. The zero-order valence-corrected chi connectivity index (χ0v) is 19.7. The first-order valence-corrected chi connectivity index (χ1v) is 12.1. The number of allylic oxidation sites excluding steroid dienone is 1. The molecule has 4 aromatic rings. The van der Waals surface area contributed by atoms with E-state index >= 15 is 0 Å². The first-order valence-electron chi connectivity index (χ1n) is 10.0. The van der Waals surface area contributed by atoms with E-state index in [-0.39, 0.29) is 18.0 Å². The fourth-order valence-electron chi connectivity index (χ4n) is 3.92. The normalized spacial score (nSPS) is 13.0. The van der Waals surface area contributed by atoms with Gasteiger partial charge in [-0.15, -0.1) is 17.9 Å². The molecule has 10 heteroatoms. The van der Waals surface area contributed by atoms with E-state index in [4.69, 9.17) is 12.2 Å². The molecule has 7 nitrogen and oxygen atoms in total. The highest BCUT2D eigenvalue weighted by Gasteiger charge is 2.26. The van der Waals surface area contributed by atoms with Gasteiger partial charge >= 0.3 is 0 Å². The Hall–Kier alpha value is -2.95. The third kappa shape index (κ3) is 3.54. The van der Waals surface area contributed by atoms with Crippen LogP contribution in [0.3, 0.4) is 0 Å². The van der Waals surface area contributed by atoms with Crippen molar-refractivity contribution < 1.29 is 4.79 Å². The molecule has 162 valence electrons. The maximum absolute atomic E-state index is 13.1. The van der Waals surface area contributed by atoms with Crippen molar-refractivity contribution in [2.24, 2.45) is 0 Å². The van der Waals surface area contributed by atoms with E-state index in [1.807, 2.05) is 24.4 Å². The molecule has 0 atom stereocenters. The van der Waals surface area contributed by atoms with E-state index in [0.29, 0.717) is 27.4 Å². The molecule has 0 radical (unpaired) electrons. The Morgan fingerprint density at radius 2 is 2.22 bits per heavy atom. The summed E-state index contributed by atoms with van der Waals surface area (Å²) in [4.78, 5) is 36.8. The van der Waals surface area contributed by atoms with Crippen molar-refractivity contribution in [1.82, 2.24) is 19.1 Å². The van der Waals surface area contributed by atoms with Crippen LogP contribution in [0.4, 0.5) is 5.69 Å². The number of nitrogens with zero attached hydrogens (tertiary/aromatic N) is 5. The number of aryl methyl sites for hydroxylation is 1. The topological polar surface area (TPSA) is 73.0 Å². The van der Waals surface area contributed by atoms with Crippen molar-refractivity contribution in [2.75, 3.05) is 11.4 Å². The van der Waals surface area contributed by atoms with Gasteiger partial charge in [-0.1, -0.05) is 23.5 Å². The number of aromatic nitrogens is 4. The second-order valence-corrected chi connectivity index (χ2v) is 10.2. The van der Waals surface area contributed by atoms with Crippen LogP contribution in [-0.4, -0.2) is 31.6 Å². The zero-order valence-electron chi connectivity index (χ0n) is 17.3. The van der Waals surface area contributed by atoms with E-state index in [9.17, 15) is 9.59 Å². The molecule has 0 unspecified atom stereocenters. The largest absolute Gasteiger partial charge is 0.310 e. The Labute approximate surface area is 196 Å². The SMILES string of the molecule is C=CCn1c(=S)sc2c(=O)n(CC(=O)N3CCc4cc(-c5csc(C)n5)ccc43)cnc21. The summed E-state index contributed by atoms with van der Waals surface area (Å²) in [6.45, 7) is 6.72. The molecule has 1 amide bonds. The highest BCUT2D eigenvalue weighted by Crippen LogP contribution is 2.33. The van der Waals surface area contributed by atoms with E-state index in [1.54, 1.807) is 26.9 Å². The van der Waals surface area contributed by atoms with Crippen LogP contribution >= 0.6 is 34.9 Å². The molecule has 0 N–H and O–H groups in total. The maximum atomic E-state index is 13.1. The second kappa shape index (κ2) is 8.19. The van der Waals surface area contributed by atoms with E-state index in [2.05, 4.69) is 22.6 Å². The van der Waals surface area contributed by atoms with Gasteiger partial charge in [0.25, 0.3) is 5.56 Å². The first-order chi connectivity index (χ1) is 15.5. The number of hydrogen-bond donors (Lipinski definition) is 0. The van der Waals surface area contributed by atoms with Crippen LogP contribution in [0.2, 0.25) is 0 Å². The predicted octanol–water partition coefficient (Wildman–Crippen LogP) is 4.20. The number of fused-ring (bicyclic) bond motifs is 2. The van der Waals surface area contributed by atoms with Gasteiger partial charge in [0.05, 0.1) is 10.7 Å². The molecule has 1 aliphatic rings.